The largest absolute Gasteiger partial charge is 0.319 e. The number of anilines is 1. The van der Waals surface area contributed by atoms with Crippen molar-refractivity contribution in [1.29, 1.82) is 0 Å². The fourth-order valence-corrected chi connectivity index (χ4v) is 2.45. The van der Waals surface area contributed by atoms with Gasteiger partial charge in [-0.25, -0.2) is 4.68 Å². The van der Waals surface area contributed by atoms with Crippen LogP contribution in [0.1, 0.15) is 34.9 Å². The second-order valence-corrected chi connectivity index (χ2v) is 5.27. The average Bonchev–Trinajstić information content (AvgIpc) is 2.98. The summed E-state index contributed by atoms with van der Waals surface area (Å²) < 4.78 is 1.80. The summed E-state index contributed by atoms with van der Waals surface area (Å²) in [4.78, 5) is 16.2. The molecule has 0 radical (unpaired) electrons. The van der Waals surface area contributed by atoms with Gasteiger partial charge < -0.3 is 10.6 Å². The number of nitrogens with one attached hydrogen (secondary N) is 2. The Hall–Kier alpha value is -1.70. The van der Waals surface area contributed by atoms with Crippen LogP contribution in [-0.4, -0.2) is 39.0 Å². The first-order valence-electron chi connectivity index (χ1n) is 7.08. The van der Waals surface area contributed by atoms with Gasteiger partial charge >= 0.3 is 0 Å². The highest BCUT2D eigenvalue weighted by atomic mass is 35.5. The molecule has 2 aromatic rings. The highest BCUT2D eigenvalue weighted by Gasteiger charge is 2.18. The molecule has 1 fully saturated rings. The maximum Gasteiger partial charge on any atom is 0.277 e. The molecule has 3 heterocycles. The monoisotopic (exact) mass is 358 g/mol. The minimum Gasteiger partial charge on any atom is -0.319 e. The van der Waals surface area contributed by atoms with Crippen LogP contribution < -0.4 is 10.6 Å². The predicted molar refractivity (Wildman–Crippen MR) is 92.6 cm³/mol. The number of hydrogen-bond donors (Lipinski definition) is 2. The number of pyridine rings is 1. The van der Waals surface area contributed by atoms with E-state index in [0.717, 1.165) is 31.5 Å². The molecule has 7 nitrogen and oxygen atoms in total. The summed E-state index contributed by atoms with van der Waals surface area (Å²) >= 11 is 0. The molecule has 0 spiro atoms. The van der Waals surface area contributed by atoms with Gasteiger partial charge in [0.25, 0.3) is 5.91 Å². The highest BCUT2D eigenvalue weighted by Crippen LogP contribution is 2.17. The fourth-order valence-electron chi connectivity index (χ4n) is 2.45. The first-order valence-corrected chi connectivity index (χ1v) is 7.08. The molecule has 2 N–H and O–H groups in total. The molecule has 0 aliphatic carbocycles. The van der Waals surface area contributed by atoms with Gasteiger partial charge in [0.2, 0.25) is 0 Å². The number of nitrogens with zero attached hydrogens (tertiary/aromatic N) is 4. The first kappa shape index (κ1) is 19.3. The van der Waals surface area contributed by atoms with E-state index in [1.54, 1.807) is 23.3 Å². The van der Waals surface area contributed by atoms with E-state index in [2.05, 4.69) is 25.9 Å². The van der Waals surface area contributed by atoms with Crippen LogP contribution in [0.3, 0.4) is 0 Å². The maximum absolute atomic E-state index is 12.2. The van der Waals surface area contributed by atoms with E-state index in [9.17, 15) is 4.79 Å². The summed E-state index contributed by atoms with van der Waals surface area (Å²) in [6, 6.07) is 2.18. The zero-order valence-corrected chi connectivity index (χ0v) is 14.4. The third kappa shape index (κ3) is 4.89. The Labute approximate surface area is 147 Å². The third-order valence-electron chi connectivity index (χ3n) is 3.56. The molecular weight excluding hydrogens is 339 g/mol. The van der Waals surface area contributed by atoms with Gasteiger partial charge in [-0.05, 0) is 44.5 Å². The van der Waals surface area contributed by atoms with Crippen LogP contribution in [-0.2, 0) is 0 Å². The third-order valence-corrected chi connectivity index (χ3v) is 3.56. The number of aromatic nitrogens is 4. The molecule has 1 amide bonds. The van der Waals surface area contributed by atoms with Crippen LogP contribution in [0.5, 0.6) is 0 Å². The maximum atomic E-state index is 12.2. The van der Waals surface area contributed by atoms with Gasteiger partial charge in [0.05, 0.1) is 24.1 Å². The molecular formula is C14H20Cl2N6O. The van der Waals surface area contributed by atoms with Crippen LogP contribution in [0.15, 0.2) is 24.7 Å². The smallest absolute Gasteiger partial charge is 0.277 e. The van der Waals surface area contributed by atoms with Crippen molar-refractivity contribution in [2.24, 2.45) is 0 Å². The van der Waals surface area contributed by atoms with Gasteiger partial charge in [0.1, 0.15) is 0 Å². The number of amides is 1. The van der Waals surface area contributed by atoms with E-state index in [4.69, 9.17) is 0 Å². The Morgan fingerprint density at radius 3 is 2.74 bits per heavy atom. The van der Waals surface area contributed by atoms with Gasteiger partial charge in [0.15, 0.2) is 5.69 Å². The van der Waals surface area contributed by atoms with Crippen molar-refractivity contribution < 1.29 is 4.79 Å². The van der Waals surface area contributed by atoms with Crippen LogP contribution >= 0.6 is 24.8 Å². The summed E-state index contributed by atoms with van der Waals surface area (Å²) in [5.74, 6) is -0.261. The number of carbonyl (C=O) groups excluding carboxylic acids is 1. The fraction of sp³-hybridized carbons (Fsp3) is 0.429. The second-order valence-electron chi connectivity index (χ2n) is 5.27. The minimum atomic E-state index is -0.261. The van der Waals surface area contributed by atoms with E-state index < -0.39 is 0 Å². The predicted octanol–water partition coefficient (Wildman–Crippen LogP) is 2.00. The van der Waals surface area contributed by atoms with Gasteiger partial charge in [-0.2, -0.15) is 0 Å². The van der Waals surface area contributed by atoms with Gasteiger partial charge in [0, 0.05) is 6.20 Å². The van der Waals surface area contributed by atoms with E-state index in [1.165, 1.54) is 0 Å². The van der Waals surface area contributed by atoms with Crippen LogP contribution in [0.25, 0.3) is 0 Å². The van der Waals surface area contributed by atoms with Crippen molar-refractivity contribution in [3.8, 4) is 0 Å². The number of rotatable bonds is 3. The number of aryl methyl sites for hydroxylation is 1. The van der Waals surface area contributed by atoms with Gasteiger partial charge in [-0.1, -0.05) is 5.21 Å². The summed E-state index contributed by atoms with van der Waals surface area (Å²) in [5, 5.41) is 14.1. The van der Waals surface area contributed by atoms with Crippen molar-refractivity contribution in [2.45, 2.75) is 25.8 Å². The summed E-state index contributed by atoms with van der Waals surface area (Å²) in [6.45, 7) is 3.87. The quantitative estimate of drug-likeness (QED) is 0.876. The number of hydrogen-bond acceptors (Lipinski definition) is 5. The number of halogens is 2. The molecule has 0 aromatic carbocycles. The van der Waals surface area contributed by atoms with Crippen molar-refractivity contribution in [2.75, 3.05) is 18.4 Å². The summed E-state index contributed by atoms with van der Waals surface area (Å²) in [5.41, 5.74) is 1.98. The second kappa shape index (κ2) is 8.81. The zero-order valence-electron chi connectivity index (χ0n) is 12.7. The molecule has 0 unspecified atom stereocenters. The molecule has 1 aliphatic rings. The lowest BCUT2D eigenvalue weighted by atomic mass is 10.1. The van der Waals surface area contributed by atoms with Crippen molar-refractivity contribution in [1.82, 2.24) is 25.3 Å². The Balaban J connectivity index is 0.00000132. The Morgan fingerprint density at radius 2 is 2.04 bits per heavy atom. The molecule has 3 rings (SSSR count). The lowest BCUT2D eigenvalue weighted by Crippen LogP contribution is -2.29. The average molecular weight is 359 g/mol. The Morgan fingerprint density at radius 1 is 1.30 bits per heavy atom. The highest BCUT2D eigenvalue weighted by molar-refractivity contribution is 6.02. The summed E-state index contributed by atoms with van der Waals surface area (Å²) in [7, 11) is 0. The lowest BCUT2D eigenvalue weighted by molar-refractivity contribution is 0.102. The zero-order chi connectivity index (χ0) is 14.7. The van der Waals surface area contributed by atoms with Crippen molar-refractivity contribution in [3.63, 3.8) is 0 Å². The minimum absolute atomic E-state index is 0. The van der Waals surface area contributed by atoms with Crippen molar-refractivity contribution >= 4 is 36.4 Å². The topological polar surface area (TPSA) is 84.7 Å². The van der Waals surface area contributed by atoms with Gasteiger partial charge in [-0.3, -0.25) is 9.78 Å². The molecule has 0 saturated carbocycles. The van der Waals surface area contributed by atoms with E-state index in [-0.39, 0.29) is 30.7 Å². The molecule has 1 saturated heterocycles. The SMILES string of the molecule is Cc1cncc(NC(=O)c2cn(C3CCNCC3)nn2)c1.Cl.Cl. The van der Waals surface area contributed by atoms with E-state index >= 15 is 0 Å². The van der Waals surface area contributed by atoms with E-state index in [0.29, 0.717) is 17.4 Å². The molecule has 0 bridgehead atoms. The molecule has 0 atom stereocenters. The standard InChI is InChI=1S/C14H18N6O.2ClH/c1-10-6-11(8-16-7-10)17-14(21)13-9-20(19-18-13)12-2-4-15-5-3-12;;/h6-9,12,15H,2-5H2,1H3,(H,17,21);2*1H. The first-order chi connectivity index (χ1) is 10.2. The normalized spacial score (nSPS) is 14.5. The Bertz CT molecular complexity index is 642. The van der Waals surface area contributed by atoms with Crippen LogP contribution in [0.2, 0.25) is 0 Å². The van der Waals surface area contributed by atoms with Crippen molar-refractivity contribution in [3.05, 3.63) is 35.9 Å². The molecule has 9 heteroatoms. The number of carbonyl (C=O) groups is 1. The number of piperidine rings is 1. The Kier molecular flexibility index (Phi) is 7.41. The lowest BCUT2D eigenvalue weighted by Gasteiger charge is -2.22. The van der Waals surface area contributed by atoms with Crippen LogP contribution in [0, 0.1) is 6.92 Å². The van der Waals surface area contributed by atoms with E-state index in [1.807, 2.05) is 13.0 Å². The van der Waals surface area contributed by atoms with Gasteiger partial charge in [-0.15, -0.1) is 29.9 Å². The molecule has 1 aliphatic heterocycles. The molecule has 2 aromatic heterocycles. The van der Waals surface area contributed by atoms with Crippen LogP contribution in [0.4, 0.5) is 5.69 Å². The summed E-state index contributed by atoms with van der Waals surface area (Å²) in [6.07, 6.45) is 7.08. The molecule has 126 valence electrons. The molecule has 23 heavy (non-hydrogen) atoms.